The van der Waals surface area contributed by atoms with Crippen LogP contribution in [0.3, 0.4) is 0 Å². The van der Waals surface area contributed by atoms with Gasteiger partial charge in [0, 0.05) is 25.2 Å². The highest BCUT2D eigenvalue weighted by Gasteiger charge is 2.37. The third-order valence-electron chi connectivity index (χ3n) is 3.92. The van der Waals surface area contributed by atoms with Gasteiger partial charge >= 0.3 is 0 Å². The van der Waals surface area contributed by atoms with Crippen LogP contribution in [0.4, 0.5) is 0 Å². The number of hydrogen-bond donors (Lipinski definition) is 0. The fourth-order valence-electron chi connectivity index (χ4n) is 2.56. The molecular weight excluding hydrogens is 250 g/mol. The number of benzene rings is 1. The van der Waals surface area contributed by atoms with Crippen LogP contribution in [0.2, 0.25) is 0 Å². The predicted octanol–water partition coefficient (Wildman–Crippen LogP) is 3.68. The molecule has 3 nitrogen and oxygen atoms in total. The van der Waals surface area contributed by atoms with E-state index in [0.29, 0.717) is 19.1 Å². The van der Waals surface area contributed by atoms with Gasteiger partial charge in [-0.2, -0.15) is 5.26 Å². The number of fused-ring (bicyclic) bond motifs is 1. The molecule has 0 saturated carbocycles. The summed E-state index contributed by atoms with van der Waals surface area (Å²) in [6.07, 6.45) is 2.55. The van der Waals surface area contributed by atoms with Gasteiger partial charge in [-0.3, -0.25) is 0 Å². The van der Waals surface area contributed by atoms with Crippen molar-refractivity contribution < 1.29 is 9.47 Å². The van der Waals surface area contributed by atoms with Gasteiger partial charge in [0.1, 0.15) is 5.75 Å². The summed E-state index contributed by atoms with van der Waals surface area (Å²) in [6.45, 7) is 6.40. The maximum Gasteiger partial charge on any atom is 0.124 e. The number of ether oxygens (including phenoxy) is 2. The molecule has 1 aromatic rings. The van der Waals surface area contributed by atoms with Gasteiger partial charge in [0.25, 0.3) is 0 Å². The Balaban J connectivity index is 1.99. The molecule has 1 heterocycles. The molecule has 0 saturated heterocycles. The molecule has 1 aliphatic heterocycles. The Morgan fingerprint density at radius 3 is 2.90 bits per heavy atom. The molecule has 0 spiro atoms. The molecule has 1 atom stereocenters. The largest absolute Gasteiger partial charge is 0.493 e. The Bertz CT molecular complexity index is 478. The van der Waals surface area contributed by atoms with Crippen molar-refractivity contribution in [1.82, 2.24) is 0 Å². The summed E-state index contributed by atoms with van der Waals surface area (Å²) in [7, 11) is 0. The highest BCUT2D eigenvalue weighted by Crippen LogP contribution is 2.40. The summed E-state index contributed by atoms with van der Waals surface area (Å²) in [4.78, 5) is 0. The zero-order valence-corrected chi connectivity index (χ0v) is 12.4. The first-order valence-electron chi connectivity index (χ1n) is 7.39. The van der Waals surface area contributed by atoms with E-state index in [-0.39, 0.29) is 0 Å². The van der Waals surface area contributed by atoms with Crippen LogP contribution < -0.4 is 4.74 Å². The minimum Gasteiger partial charge on any atom is -0.493 e. The van der Waals surface area contributed by atoms with Crippen LogP contribution in [0.25, 0.3) is 0 Å². The van der Waals surface area contributed by atoms with Gasteiger partial charge in [-0.15, -0.1) is 0 Å². The van der Waals surface area contributed by atoms with Gasteiger partial charge in [-0.25, -0.2) is 0 Å². The average molecular weight is 273 g/mol. The second kappa shape index (κ2) is 6.76. The lowest BCUT2D eigenvalue weighted by molar-refractivity contribution is 0.103. The molecule has 1 aliphatic rings. The van der Waals surface area contributed by atoms with E-state index in [1.165, 1.54) is 0 Å². The summed E-state index contributed by atoms with van der Waals surface area (Å²) in [6, 6.07) is 10.4. The van der Waals surface area contributed by atoms with Crippen molar-refractivity contribution in [2.45, 2.75) is 38.5 Å². The molecule has 1 aromatic carbocycles. The molecule has 0 bridgehead atoms. The Kier molecular flexibility index (Phi) is 5.03. The number of rotatable bonds is 6. The van der Waals surface area contributed by atoms with E-state index < -0.39 is 5.41 Å². The van der Waals surface area contributed by atoms with Gasteiger partial charge in [-0.1, -0.05) is 32.0 Å². The Labute approximate surface area is 121 Å². The lowest BCUT2D eigenvalue weighted by Crippen LogP contribution is -2.32. The van der Waals surface area contributed by atoms with E-state index in [0.717, 1.165) is 37.2 Å². The van der Waals surface area contributed by atoms with Gasteiger partial charge in [0.05, 0.1) is 18.1 Å². The van der Waals surface area contributed by atoms with Crippen molar-refractivity contribution in [1.29, 1.82) is 5.26 Å². The van der Waals surface area contributed by atoms with Gasteiger partial charge in [-0.05, 0) is 24.8 Å². The summed E-state index contributed by atoms with van der Waals surface area (Å²) in [5.41, 5.74) is 0.563. The molecule has 3 heteroatoms. The van der Waals surface area contributed by atoms with Crippen LogP contribution >= 0.6 is 0 Å². The quantitative estimate of drug-likeness (QED) is 0.742. The average Bonchev–Trinajstić information content (AvgIpc) is 2.46. The second-order valence-corrected chi connectivity index (χ2v) is 5.83. The van der Waals surface area contributed by atoms with Crippen LogP contribution in [0.15, 0.2) is 24.3 Å². The van der Waals surface area contributed by atoms with E-state index in [1.807, 2.05) is 24.3 Å². The summed E-state index contributed by atoms with van der Waals surface area (Å²) in [5, 5.41) is 9.67. The maximum absolute atomic E-state index is 9.67. The minimum absolute atomic E-state index is 0.452. The highest BCUT2D eigenvalue weighted by atomic mass is 16.5. The van der Waals surface area contributed by atoms with Crippen molar-refractivity contribution >= 4 is 0 Å². The third-order valence-corrected chi connectivity index (χ3v) is 3.92. The van der Waals surface area contributed by atoms with Crippen LogP contribution in [-0.4, -0.2) is 19.8 Å². The van der Waals surface area contributed by atoms with Crippen molar-refractivity contribution in [3.05, 3.63) is 29.8 Å². The molecule has 0 aliphatic carbocycles. The molecule has 20 heavy (non-hydrogen) atoms. The lowest BCUT2D eigenvalue weighted by atomic mass is 9.75. The molecule has 0 amide bonds. The van der Waals surface area contributed by atoms with Gasteiger partial charge in [0.15, 0.2) is 0 Å². The van der Waals surface area contributed by atoms with Crippen molar-refractivity contribution in [2.75, 3.05) is 19.8 Å². The summed E-state index contributed by atoms with van der Waals surface area (Å²) in [5.74, 6) is 1.51. The van der Waals surface area contributed by atoms with Crippen molar-refractivity contribution in [3.63, 3.8) is 0 Å². The lowest BCUT2D eigenvalue weighted by Gasteiger charge is -2.33. The molecule has 108 valence electrons. The number of nitrogens with zero attached hydrogens (tertiary/aromatic N) is 1. The fraction of sp³-hybridized carbons (Fsp3) is 0.588. The standard InChI is InChI=1S/C17H23NO2/c1-14(2)7-10-19-11-8-17(13-18)9-12-20-16-6-4-3-5-15(16)17/h3-6,14H,7-12H2,1-2H3. The molecule has 0 radical (unpaired) electrons. The fourth-order valence-corrected chi connectivity index (χ4v) is 2.56. The molecule has 0 aromatic heterocycles. The normalized spacial score (nSPS) is 21.1. The molecular formula is C17H23NO2. The summed E-state index contributed by atoms with van der Waals surface area (Å²) >= 11 is 0. The molecule has 1 unspecified atom stereocenters. The molecule has 2 rings (SSSR count). The zero-order valence-electron chi connectivity index (χ0n) is 12.4. The van der Waals surface area contributed by atoms with Crippen LogP contribution in [0.1, 0.15) is 38.7 Å². The van der Waals surface area contributed by atoms with Crippen LogP contribution in [0, 0.1) is 17.2 Å². The smallest absolute Gasteiger partial charge is 0.124 e. The van der Waals surface area contributed by atoms with Gasteiger partial charge in [0.2, 0.25) is 0 Å². The van der Waals surface area contributed by atoms with E-state index in [2.05, 4.69) is 19.9 Å². The van der Waals surface area contributed by atoms with E-state index >= 15 is 0 Å². The summed E-state index contributed by atoms with van der Waals surface area (Å²) < 4.78 is 11.3. The Morgan fingerprint density at radius 2 is 2.15 bits per heavy atom. The molecule has 0 N–H and O–H groups in total. The topological polar surface area (TPSA) is 42.2 Å². The highest BCUT2D eigenvalue weighted by molar-refractivity contribution is 5.45. The van der Waals surface area contributed by atoms with Crippen molar-refractivity contribution in [2.24, 2.45) is 5.92 Å². The number of para-hydroxylation sites is 1. The SMILES string of the molecule is CC(C)CCOCCC1(C#N)CCOc2ccccc21. The van der Waals surface area contributed by atoms with E-state index in [4.69, 9.17) is 9.47 Å². The van der Waals surface area contributed by atoms with Gasteiger partial charge < -0.3 is 9.47 Å². The van der Waals surface area contributed by atoms with E-state index in [9.17, 15) is 5.26 Å². The Morgan fingerprint density at radius 1 is 1.35 bits per heavy atom. The monoisotopic (exact) mass is 273 g/mol. The third kappa shape index (κ3) is 3.32. The van der Waals surface area contributed by atoms with E-state index in [1.54, 1.807) is 0 Å². The predicted molar refractivity (Wildman–Crippen MR) is 78.7 cm³/mol. The van der Waals surface area contributed by atoms with Crippen LogP contribution in [0.5, 0.6) is 5.75 Å². The number of hydrogen-bond acceptors (Lipinski definition) is 3. The first-order chi connectivity index (χ1) is 9.68. The number of nitriles is 1. The first-order valence-corrected chi connectivity index (χ1v) is 7.39. The maximum atomic E-state index is 9.67. The second-order valence-electron chi connectivity index (χ2n) is 5.83. The molecule has 0 fully saturated rings. The van der Waals surface area contributed by atoms with Crippen molar-refractivity contribution in [3.8, 4) is 11.8 Å². The van der Waals surface area contributed by atoms with Crippen LogP contribution in [-0.2, 0) is 10.2 Å². The first kappa shape index (κ1) is 14.9. The minimum atomic E-state index is -0.452. The Hall–Kier alpha value is -1.53. The zero-order chi connectivity index (χ0) is 14.4.